The lowest BCUT2D eigenvalue weighted by molar-refractivity contribution is 0.0602. The molecule has 106 valence electrons. The number of rotatable bonds is 3. The largest absolute Gasteiger partial charge is 0.465 e. The molecule has 3 rings (SSSR count). The van der Waals surface area contributed by atoms with Crippen LogP contribution in [0.15, 0.2) is 24.5 Å². The Kier molecular flexibility index (Phi) is 3.69. The number of hydrogen-bond donors (Lipinski definition) is 1. The van der Waals surface area contributed by atoms with Crippen LogP contribution in [0.25, 0.3) is 5.52 Å². The molecule has 1 aliphatic heterocycles. The van der Waals surface area contributed by atoms with Crippen LogP contribution in [-0.2, 0) is 11.2 Å². The van der Waals surface area contributed by atoms with E-state index in [2.05, 4.69) is 10.3 Å². The van der Waals surface area contributed by atoms with Crippen molar-refractivity contribution in [3.8, 4) is 0 Å². The summed E-state index contributed by atoms with van der Waals surface area (Å²) in [6, 6.07) is 4.11. The second kappa shape index (κ2) is 5.63. The molecule has 2 aromatic heterocycles. The number of piperidine rings is 1. The fourth-order valence-electron chi connectivity index (χ4n) is 2.83. The number of imidazole rings is 1. The van der Waals surface area contributed by atoms with Crippen molar-refractivity contribution in [2.45, 2.75) is 31.7 Å². The predicted molar refractivity (Wildman–Crippen MR) is 75.9 cm³/mol. The normalized spacial score (nSPS) is 19.1. The molecule has 5 heteroatoms. The summed E-state index contributed by atoms with van der Waals surface area (Å²) in [4.78, 5) is 16.2. The molecule has 1 unspecified atom stereocenters. The molecule has 1 fully saturated rings. The van der Waals surface area contributed by atoms with Crippen molar-refractivity contribution in [3.63, 3.8) is 0 Å². The average Bonchev–Trinajstić information content (AvgIpc) is 2.91. The van der Waals surface area contributed by atoms with Crippen LogP contribution >= 0.6 is 0 Å². The van der Waals surface area contributed by atoms with Crippen molar-refractivity contribution < 1.29 is 9.53 Å². The van der Waals surface area contributed by atoms with Gasteiger partial charge in [-0.3, -0.25) is 0 Å². The second-order valence-corrected chi connectivity index (χ2v) is 5.19. The Morgan fingerprint density at radius 1 is 1.55 bits per heavy atom. The van der Waals surface area contributed by atoms with Crippen LogP contribution in [0.1, 0.15) is 35.4 Å². The molecule has 0 spiro atoms. The van der Waals surface area contributed by atoms with E-state index in [1.54, 1.807) is 12.3 Å². The zero-order valence-electron chi connectivity index (χ0n) is 11.6. The molecule has 0 bridgehead atoms. The van der Waals surface area contributed by atoms with Crippen LogP contribution in [0.4, 0.5) is 0 Å². The number of methoxy groups -OCH3 is 1. The Morgan fingerprint density at radius 2 is 2.45 bits per heavy atom. The van der Waals surface area contributed by atoms with Crippen LogP contribution in [0.5, 0.6) is 0 Å². The third-order valence-electron chi connectivity index (χ3n) is 3.89. The van der Waals surface area contributed by atoms with Gasteiger partial charge in [-0.25, -0.2) is 9.78 Å². The Labute approximate surface area is 118 Å². The number of pyridine rings is 1. The zero-order valence-corrected chi connectivity index (χ0v) is 11.6. The fraction of sp³-hybridized carbons (Fsp3) is 0.467. The van der Waals surface area contributed by atoms with E-state index in [0.717, 1.165) is 24.3 Å². The topological polar surface area (TPSA) is 55.6 Å². The minimum atomic E-state index is -0.321. The average molecular weight is 273 g/mol. The van der Waals surface area contributed by atoms with Gasteiger partial charge in [-0.05, 0) is 31.5 Å². The maximum atomic E-state index is 11.8. The van der Waals surface area contributed by atoms with Gasteiger partial charge in [-0.15, -0.1) is 0 Å². The lowest BCUT2D eigenvalue weighted by atomic mass is 10.0. The third kappa shape index (κ3) is 2.41. The molecule has 1 atom stereocenters. The van der Waals surface area contributed by atoms with E-state index in [4.69, 9.17) is 4.74 Å². The Balaban J connectivity index is 1.91. The van der Waals surface area contributed by atoms with Gasteiger partial charge in [0, 0.05) is 18.7 Å². The molecule has 3 heterocycles. The quantitative estimate of drug-likeness (QED) is 0.867. The maximum Gasteiger partial charge on any atom is 0.340 e. The molecule has 0 amide bonds. The van der Waals surface area contributed by atoms with Gasteiger partial charge in [-0.2, -0.15) is 0 Å². The first-order valence-corrected chi connectivity index (χ1v) is 7.06. The molecular weight excluding hydrogens is 254 g/mol. The predicted octanol–water partition coefficient (Wildman–Crippen LogP) is 1.81. The van der Waals surface area contributed by atoms with E-state index in [1.807, 2.05) is 16.7 Å². The van der Waals surface area contributed by atoms with Gasteiger partial charge in [0.05, 0.1) is 24.4 Å². The molecule has 2 aromatic rings. The first kappa shape index (κ1) is 13.1. The SMILES string of the molecule is COC(=O)c1cccn2c(CC3CCCCN3)ncc12. The molecule has 0 saturated carbocycles. The van der Waals surface area contributed by atoms with Gasteiger partial charge in [0.25, 0.3) is 0 Å². The van der Waals surface area contributed by atoms with Crippen LogP contribution in [0, 0.1) is 0 Å². The Hall–Kier alpha value is -1.88. The summed E-state index contributed by atoms with van der Waals surface area (Å²) in [6.45, 7) is 1.08. The summed E-state index contributed by atoms with van der Waals surface area (Å²) >= 11 is 0. The minimum Gasteiger partial charge on any atom is -0.465 e. The van der Waals surface area contributed by atoms with Crippen molar-refractivity contribution in [2.24, 2.45) is 0 Å². The highest BCUT2D eigenvalue weighted by Gasteiger charge is 2.18. The molecule has 20 heavy (non-hydrogen) atoms. The monoisotopic (exact) mass is 273 g/mol. The van der Waals surface area contributed by atoms with Crippen LogP contribution in [-0.4, -0.2) is 35.1 Å². The van der Waals surface area contributed by atoms with E-state index in [-0.39, 0.29) is 5.97 Å². The highest BCUT2D eigenvalue weighted by atomic mass is 16.5. The summed E-state index contributed by atoms with van der Waals surface area (Å²) in [5.74, 6) is 0.669. The molecule has 0 aromatic carbocycles. The number of carbonyl (C=O) groups is 1. The molecule has 1 N–H and O–H groups in total. The maximum absolute atomic E-state index is 11.8. The van der Waals surface area contributed by atoms with Gasteiger partial charge in [-0.1, -0.05) is 6.42 Å². The number of aromatic nitrogens is 2. The van der Waals surface area contributed by atoms with E-state index in [0.29, 0.717) is 11.6 Å². The van der Waals surface area contributed by atoms with Crippen LogP contribution < -0.4 is 5.32 Å². The summed E-state index contributed by atoms with van der Waals surface area (Å²) in [6.07, 6.45) is 8.31. The summed E-state index contributed by atoms with van der Waals surface area (Å²) in [5, 5.41) is 3.53. The number of nitrogens with zero attached hydrogens (tertiary/aromatic N) is 2. The fourth-order valence-corrected chi connectivity index (χ4v) is 2.83. The number of fused-ring (bicyclic) bond motifs is 1. The first-order valence-electron chi connectivity index (χ1n) is 7.06. The summed E-state index contributed by atoms with van der Waals surface area (Å²) in [5.41, 5.74) is 1.37. The molecule has 0 radical (unpaired) electrons. The number of esters is 1. The molecule has 5 nitrogen and oxygen atoms in total. The number of ether oxygens (including phenoxy) is 1. The van der Waals surface area contributed by atoms with Gasteiger partial charge < -0.3 is 14.5 Å². The lowest BCUT2D eigenvalue weighted by Crippen LogP contribution is -2.36. The first-order chi connectivity index (χ1) is 9.79. The molecular formula is C15H19N3O2. The van der Waals surface area contributed by atoms with Gasteiger partial charge in [0.15, 0.2) is 0 Å². The summed E-state index contributed by atoms with van der Waals surface area (Å²) < 4.78 is 6.80. The van der Waals surface area contributed by atoms with E-state index >= 15 is 0 Å². The number of carbonyl (C=O) groups excluding carboxylic acids is 1. The van der Waals surface area contributed by atoms with Crippen molar-refractivity contribution in [3.05, 3.63) is 35.9 Å². The molecule has 1 aliphatic rings. The zero-order chi connectivity index (χ0) is 13.9. The standard InChI is InChI=1S/C15H19N3O2/c1-20-15(19)12-6-4-8-18-13(12)10-17-14(18)9-11-5-2-3-7-16-11/h4,6,8,10-11,16H,2-3,5,7,9H2,1H3. The van der Waals surface area contributed by atoms with Gasteiger partial charge in [0.1, 0.15) is 5.82 Å². The van der Waals surface area contributed by atoms with Gasteiger partial charge >= 0.3 is 5.97 Å². The Morgan fingerprint density at radius 3 is 3.20 bits per heavy atom. The number of nitrogens with one attached hydrogen (secondary N) is 1. The van der Waals surface area contributed by atoms with E-state index < -0.39 is 0 Å². The highest BCUT2D eigenvalue weighted by molar-refractivity contribution is 5.96. The van der Waals surface area contributed by atoms with Crippen molar-refractivity contribution in [1.29, 1.82) is 0 Å². The van der Waals surface area contributed by atoms with Crippen molar-refractivity contribution >= 4 is 11.5 Å². The smallest absolute Gasteiger partial charge is 0.340 e. The molecule has 1 saturated heterocycles. The van der Waals surface area contributed by atoms with E-state index in [9.17, 15) is 4.79 Å². The Bertz CT molecular complexity index is 615. The minimum absolute atomic E-state index is 0.321. The lowest BCUT2D eigenvalue weighted by Gasteiger charge is -2.22. The van der Waals surface area contributed by atoms with E-state index in [1.165, 1.54) is 26.4 Å². The van der Waals surface area contributed by atoms with Crippen molar-refractivity contribution in [2.75, 3.05) is 13.7 Å². The highest BCUT2D eigenvalue weighted by Crippen LogP contribution is 2.17. The van der Waals surface area contributed by atoms with Crippen LogP contribution in [0.2, 0.25) is 0 Å². The van der Waals surface area contributed by atoms with Crippen molar-refractivity contribution in [1.82, 2.24) is 14.7 Å². The molecule has 0 aliphatic carbocycles. The van der Waals surface area contributed by atoms with Gasteiger partial charge in [0.2, 0.25) is 0 Å². The third-order valence-corrected chi connectivity index (χ3v) is 3.89. The van der Waals surface area contributed by atoms with Crippen LogP contribution in [0.3, 0.4) is 0 Å². The second-order valence-electron chi connectivity index (χ2n) is 5.19. The summed E-state index contributed by atoms with van der Waals surface area (Å²) in [7, 11) is 1.40. The number of hydrogen-bond acceptors (Lipinski definition) is 4.